The first-order valence-corrected chi connectivity index (χ1v) is 7.30. The van der Waals surface area contributed by atoms with Gasteiger partial charge in [-0.3, -0.25) is 4.57 Å². The Kier molecular flexibility index (Phi) is 4.72. The predicted octanol–water partition coefficient (Wildman–Crippen LogP) is 1.56. The monoisotopic (exact) mass is 265 g/mol. The number of aliphatic hydroxyl groups is 1. The summed E-state index contributed by atoms with van der Waals surface area (Å²) >= 11 is 0. The molecule has 0 saturated heterocycles. The Hall–Kier alpha value is -0.420. The predicted molar refractivity (Wildman–Crippen MR) is 64.1 cm³/mol. The molecule has 0 amide bonds. The standard InChI is InChI=1S/C10H20NO5P/c1-4-15-17(14,16-5-2)10(3)9(8-12)6-7-11(10)13/h7,9,12H,4-6,8H2,1-3H3/t9-,10+/m1/s1. The lowest BCUT2D eigenvalue weighted by Crippen LogP contribution is -2.41. The van der Waals surface area contributed by atoms with Gasteiger partial charge in [-0.25, -0.2) is 0 Å². The van der Waals surface area contributed by atoms with Crippen molar-refractivity contribution < 1.29 is 23.5 Å². The first kappa shape index (κ1) is 14.6. The number of nitrogens with zero attached hydrogens (tertiary/aromatic N) is 1. The summed E-state index contributed by atoms with van der Waals surface area (Å²) in [5, 5.41) is 19.8. The summed E-state index contributed by atoms with van der Waals surface area (Å²) in [6, 6.07) is 0. The van der Waals surface area contributed by atoms with Crippen LogP contribution in [0.3, 0.4) is 0 Å². The Morgan fingerprint density at radius 3 is 2.47 bits per heavy atom. The summed E-state index contributed by atoms with van der Waals surface area (Å²) in [7, 11) is -3.59. The van der Waals surface area contributed by atoms with Crippen LogP contribution >= 0.6 is 7.60 Å². The van der Waals surface area contributed by atoms with Gasteiger partial charge >= 0.3 is 7.60 Å². The lowest BCUT2D eigenvalue weighted by atomic mass is 10.0. The van der Waals surface area contributed by atoms with Crippen LogP contribution in [0.5, 0.6) is 0 Å². The first-order valence-electron chi connectivity index (χ1n) is 5.76. The van der Waals surface area contributed by atoms with E-state index in [1.54, 1.807) is 13.8 Å². The minimum atomic E-state index is -3.59. The van der Waals surface area contributed by atoms with E-state index in [0.717, 1.165) is 0 Å². The van der Waals surface area contributed by atoms with Crippen LogP contribution in [-0.2, 0) is 13.6 Å². The van der Waals surface area contributed by atoms with Crippen LogP contribution in [0.2, 0.25) is 0 Å². The van der Waals surface area contributed by atoms with Crippen LogP contribution in [-0.4, -0.2) is 41.2 Å². The Bertz CT molecular complexity index is 336. The van der Waals surface area contributed by atoms with Crippen LogP contribution in [0.4, 0.5) is 0 Å². The van der Waals surface area contributed by atoms with Gasteiger partial charge in [0.15, 0.2) is 6.21 Å². The molecule has 100 valence electrons. The van der Waals surface area contributed by atoms with E-state index >= 15 is 0 Å². The molecule has 7 heteroatoms. The molecule has 17 heavy (non-hydrogen) atoms. The fraction of sp³-hybridized carbons (Fsp3) is 0.900. The van der Waals surface area contributed by atoms with Crippen LogP contribution in [0.15, 0.2) is 0 Å². The van der Waals surface area contributed by atoms with Crippen LogP contribution in [0.25, 0.3) is 0 Å². The normalized spacial score (nSPS) is 29.4. The van der Waals surface area contributed by atoms with Crippen LogP contribution < -0.4 is 0 Å². The number of aliphatic hydroxyl groups excluding tert-OH is 1. The number of hydroxylamine groups is 1. The number of hydrogen-bond donors (Lipinski definition) is 1. The molecule has 0 unspecified atom stereocenters. The van der Waals surface area contributed by atoms with Gasteiger partial charge in [0.1, 0.15) is 0 Å². The summed E-state index contributed by atoms with van der Waals surface area (Å²) in [5.41, 5.74) is 0. The zero-order valence-electron chi connectivity index (χ0n) is 10.5. The topological polar surface area (TPSA) is 81.8 Å². The molecule has 0 bridgehead atoms. The minimum Gasteiger partial charge on any atom is -0.623 e. The lowest BCUT2D eigenvalue weighted by Gasteiger charge is -2.34. The molecular weight excluding hydrogens is 245 g/mol. The maximum Gasteiger partial charge on any atom is 0.402 e. The van der Waals surface area contributed by atoms with Crippen LogP contribution in [0, 0.1) is 11.1 Å². The molecule has 0 aromatic carbocycles. The van der Waals surface area contributed by atoms with E-state index < -0.39 is 18.8 Å². The zero-order chi connectivity index (χ0) is 13.1. The van der Waals surface area contributed by atoms with Gasteiger partial charge in [0.05, 0.1) is 25.7 Å². The van der Waals surface area contributed by atoms with Crippen molar-refractivity contribution in [3.8, 4) is 0 Å². The van der Waals surface area contributed by atoms with Crippen molar-refractivity contribution in [3.05, 3.63) is 5.21 Å². The van der Waals surface area contributed by atoms with Crippen molar-refractivity contribution in [2.45, 2.75) is 32.5 Å². The second kappa shape index (κ2) is 5.48. The van der Waals surface area contributed by atoms with Crippen molar-refractivity contribution in [3.63, 3.8) is 0 Å². The quantitative estimate of drug-likeness (QED) is 0.447. The van der Waals surface area contributed by atoms with Gasteiger partial charge in [0, 0.05) is 13.3 Å². The Labute approximate surface area is 101 Å². The molecular formula is C10H20NO5P. The van der Waals surface area contributed by atoms with E-state index in [1.807, 2.05) is 0 Å². The van der Waals surface area contributed by atoms with Crippen LogP contribution in [0.1, 0.15) is 27.2 Å². The highest BCUT2D eigenvalue weighted by Crippen LogP contribution is 2.64. The van der Waals surface area contributed by atoms with Gasteiger partial charge in [-0.2, -0.15) is 4.74 Å². The van der Waals surface area contributed by atoms with Gasteiger partial charge in [0.25, 0.3) is 5.28 Å². The molecule has 6 nitrogen and oxygen atoms in total. The third-order valence-corrected chi connectivity index (χ3v) is 6.02. The molecule has 0 spiro atoms. The molecule has 2 atom stereocenters. The van der Waals surface area contributed by atoms with Crippen molar-refractivity contribution in [2.75, 3.05) is 19.8 Å². The highest BCUT2D eigenvalue weighted by atomic mass is 31.2. The van der Waals surface area contributed by atoms with Gasteiger partial charge in [-0.05, 0) is 13.8 Å². The van der Waals surface area contributed by atoms with Gasteiger partial charge in [-0.1, -0.05) is 0 Å². The van der Waals surface area contributed by atoms with E-state index in [-0.39, 0.29) is 19.8 Å². The smallest absolute Gasteiger partial charge is 0.402 e. The third-order valence-electron chi connectivity index (χ3n) is 3.15. The van der Waals surface area contributed by atoms with Gasteiger partial charge in [-0.15, -0.1) is 0 Å². The fourth-order valence-electron chi connectivity index (χ4n) is 2.04. The van der Waals surface area contributed by atoms with Crippen molar-refractivity contribution in [1.29, 1.82) is 0 Å². The van der Waals surface area contributed by atoms with E-state index in [2.05, 4.69) is 0 Å². The molecule has 1 aliphatic heterocycles. The molecule has 1 N–H and O–H groups in total. The Balaban J connectivity index is 3.14. The number of hydrogen-bond acceptors (Lipinski definition) is 5. The molecule has 0 aliphatic carbocycles. The summed E-state index contributed by atoms with van der Waals surface area (Å²) in [5.74, 6) is -0.441. The average Bonchev–Trinajstić information content (AvgIpc) is 2.57. The summed E-state index contributed by atoms with van der Waals surface area (Å²) in [6.45, 7) is 5.07. The van der Waals surface area contributed by atoms with E-state index in [4.69, 9.17) is 9.05 Å². The highest BCUT2D eigenvalue weighted by molar-refractivity contribution is 7.55. The third kappa shape index (κ3) is 2.27. The molecule has 1 aliphatic rings. The lowest BCUT2D eigenvalue weighted by molar-refractivity contribution is -0.515. The van der Waals surface area contributed by atoms with Gasteiger partial charge in [0.2, 0.25) is 0 Å². The summed E-state index contributed by atoms with van der Waals surface area (Å²) in [4.78, 5) is 0. The van der Waals surface area contributed by atoms with Crippen molar-refractivity contribution >= 4 is 13.8 Å². The largest absolute Gasteiger partial charge is 0.623 e. The van der Waals surface area contributed by atoms with Crippen molar-refractivity contribution in [2.24, 2.45) is 5.92 Å². The summed E-state index contributed by atoms with van der Waals surface area (Å²) < 4.78 is 23.8. The molecule has 0 aromatic heterocycles. The molecule has 1 rings (SSSR count). The molecule has 1 heterocycles. The SMILES string of the molecule is CCOP(=O)(OCC)[C@@]1(C)[C@@H](CO)CC=[N+]1[O-]. The minimum absolute atomic E-state index is 0.193. The zero-order valence-corrected chi connectivity index (χ0v) is 11.4. The summed E-state index contributed by atoms with van der Waals surface area (Å²) in [6.07, 6.45) is 1.76. The molecule has 0 fully saturated rings. The first-order chi connectivity index (χ1) is 7.96. The second-order valence-electron chi connectivity index (χ2n) is 4.05. The van der Waals surface area contributed by atoms with E-state index in [0.29, 0.717) is 11.2 Å². The maximum absolute atomic E-state index is 12.7. The van der Waals surface area contributed by atoms with Crippen molar-refractivity contribution in [1.82, 2.24) is 0 Å². The molecule has 0 radical (unpaired) electrons. The Morgan fingerprint density at radius 1 is 1.53 bits per heavy atom. The second-order valence-corrected chi connectivity index (χ2v) is 6.47. The molecule has 0 aromatic rings. The fourth-order valence-corrected chi connectivity index (χ4v) is 4.28. The highest BCUT2D eigenvalue weighted by Gasteiger charge is 2.62. The van der Waals surface area contributed by atoms with E-state index in [1.165, 1.54) is 13.1 Å². The van der Waals surface area contributed by atoms with E-state index in [9.17, 15) is 14.9 Å². The Morgan fingerprint density at radius 2 is 2.06 bits per heavy atom. The number of rotatable bonds is 6. The maximum atomic E-state index is 12.7. The molecule has 0 saturated carbocycles. The average molecular weight is 265 g/mol. The van der Waals surface area contributed by atoms with Gasteiger partial charge < -0.3 is 19.4 Å².